The molecule has 2 rings (SSSR count). The first-order chi connectivity index (χ1) is 9.99. The Kier molecular flexibility index (Phi) is 4.27. The molecule has 0 amide bonds. The van der Waals surface area contributed by atoms with E-state index in [9.17, 15) is 19.3 Å². The van der Waals surface area contributed by atoms with E-state index < -0.39 is 16.8 Å². The number of hydrogen-bond acceptors (Lipinski definition) is 4. The van der Waals surface area contributed by atoms with Crippen LogP contribution in [0.2, 0.25) is 0 Å². The summed E-state index contributed by atoms with van der Waals surface area (Å²) in [6, 6.07) is 10.8. The zero-order valence-corrected chi connectivity index (χ0v) is 11.2. The molecule has 0 bridgehead atoms. The van der Waals surface area contributed by atoms with E-state index in [0.29, 0.717) is 0 Å². The van der Waals surface area contributed by atoms with Crippen molar-refractivity contribution in [2.24, 2.45) is 0 Å². The quantitative estimate of drug-likeness (QED) is 0.480. The molecule has 0 radical (unpaired) electrons. The number of hydrogen-bond donors (Lipinski definition) is 0. The second kappa shape index (κ2) is 6.13. The third-order valence-electron chi connectivity index (χ3n) is 2.86. The molecule has 1 atom stereocenters. The van der Waals surface area contributed by atoms with Crippen molar-refractivity contribution in [1.82, 2.24) is 0 Å². The fraction of sp³-hybridized carbons (Fsp3) is 0.133. The van der Waals surface area contributed by atoms with Crippen LogP contribution in [0.1, 0.15) is 17.3 Å². The Hall–Kier alpha value is -2.76. The van der Waals surface area contributed by atoms with Gasteiger partial charge < -0.3 is 4.74 Å². The molecular formula is C15H12FNO4. The minimum atomic E-state index is -0.920. The van der Waals surface area contributed by atoms with Crippen molar-refractivity contribution in [1.29, 1.82) is 0 Å². The van der Waals surface area contributed by atoms with Crippen molar-refractivity contribution in [2.45, 2.75) is 13.0 Å². The van der Waals surface area contributed by atoms with Gasteiger partial charge in [-0.25, -0.2) is 4.39 Å². The predicted octanol–water partition coefficient (Wildman–Crippen LogP) is 3.38. The zero-order chi connectivity index (χ0) is 15.4. The summed E-state index contributed by atoms with van der Waals surface area (Å²) < 4.78 is 18.2. The molecule has 0 heterocycles. The summed E-state index contributed by atoms with van der Waals surface area (Å²) in [7, 11) is 0. The Bertz CT molecular complexity index is 670. The van der Waals surface area contributed by atoms with Gasteiger partial charge in [0, 0.05) is 11.6 Å². The van der Waals surface area contributed by atoms with Gasteiger partial charge in [0.1, 0.15) is 5.82 Å². The van der Waals surface area contributed by atoms with Crippen molar-refractivity contribution in [3.05, 3.63) is 70.0 Å². The number of carbonyl (C=O) groups excluding carboxylic acids is 1. The van der Waals surface area contributed by atoms with Crippen LogP contribution in [0.5, 0.6) is 5.75 Å². The molecule has 0 saturated carbocycles. The first-order valence-corrected chi connectivity index (χ1v) is 6.19. The molecule has 5 nitrogen and oxygen atoms in total. The fourth-order valence-corrected chi connectivity index (χ4v) is 1.80. The summed E-state index contributed by atoms with van der Waals surface area (Å²) in [6.45, 7) is 1.49. The molecule has 6 heteroatoms. The van der Waals surface area contributed by atoms with Gasteiger partial charge in [0.2, 0.25) is 5.78 Å². The maximum absolute atomic E-state index is 12.8. The maximum atomic E-state index is 12.8. The number of benzene rings is 2. The molecule has 0 aromatic heterocycles. The summed E-state index contributed by atoms with van der Waals surface area (Å²) in [5, 5.41) is 10.9. The van der Waals surface area contributed by atoms with Crippen LogP contribution in [0.15, 0.2) is 48.5 Å². The van der Waals surface area contributed by atoms with Crippen molar-refractivity contribution in [2.75, 3.05) is 0 Å². The predicted molar refractivity (Wildman–Crippen MR) is 73.9 cm³/mol. The Labute approximate surface area is 120 Å². The van der Waals surface area contributed by atoms with Crippen LogP contribution >= 0.6 is 0 Å². The van der Waals surface area contributed by atoms with Gasteiger partial charge in [0.25, 0.3) is 0 Å². The summed E-state index contributed by atoms with van der Waals surface area (Å²) in [5.41, 5.74) is 0.0683. The molecule has 108 valence electrons. The largest absolute Gasteiger partial charge is 0.475 e. The number of ether oxygens (including phenoxy) is 1. The molecule has 2 aromatic carbocycles. The molecule has 0 N–H and O–H groups in total. The number of Topliss-reactive ketones (excluding diaryl/α,β-unsaturated/α-hetero) is 1. The molecule has 21 heavy (non-hydrogen) atoms. The average molecular weight is 289 g/mol. The smallest absolute Gasteiger partial charge is 0.310 e. The van der Waals surface area contributed by atoms with Crippen molar-refractivity contribution < 1.29 is 18.8 Å². The monoisotopic (exact) mass is 289 g/mol. The van der Waals surface area contributed by atoms with E-state index in [1.807, 2.05) is 0 Å². The van der Waals surface area contributed by atoms with Gasteiger partial charge in [-0.15, -0.1) is 0 Å². The number of para-hydroxylation sites is 2. The SMILES string of the molecule is CC(Oc1ccccc1[N+](=O)[O-])C(=O)c1ccc(F)cc1. The highest BCUT2D eigenvalue weighted by Crippen LogP contribution is 2.27. The zero-order valence-electron chi connectivity index (χ0n) is 11.2. The first kappa shape index (κ1) is 14.6. The van der Waals surface area contributed by atoms with Crippen molar-refractivity contribution in [3.63, 3.8) is 0 Å². The van der Waals surface area contributed by atoms with Crippen LogP contribution in [0.4, 0.5) is 10.1 Å². The molecule has 2 aromatic rings. The number of nitro groups is 1. The fourth-order valence-electron chi connectivity index (χ4n) is 1.80. The van der Waals surface area contributed by atoms with Gasteiger partial charge in [0.05, 0.1) is 4.92 Å². The molecule has 0 aliphatic heterocycles. The van der Waals surface area contributed by atoms with E-state index in [0.717, 1.165) is 0 Å². The second-order valence-corrected chi connectivity index (χ2v) is 4.36. The summed E-state index contributed by atoms with van der Waals surface area (Å²) in [5.74, 6) is -0.808. The molecule has 0 saturated heterocycles. The van der Waals surface area contributed by atoms with Crippen LogP contribution in [-0.4, -0.2) is 16.8 Å². The minimum absolute atomic E-state index is 0.0189. The van der Waals surface area contributed by atoms with E-state index >= 15 is 0 Å². The topological polar surface area (TPSA) is 69.4 Å². The normalized spacial score (nSPS) is 11.7. The Morgan fingerprint density at radius 2 is 1.81 bits per heavy atom. The van der Waals surface area contributed by atoms with Gasteiger partial charge in [-0.2, -0.15) is 0 Å². The third kappa shape index (κ3) is 3.42. The van der Waals surface area contributed by atoms with E-state index in [2.05, 4.69) is 0 Å². The average Bonchev–Trinajstić information content (AvgIpc) is 2.47. The minimum Gasteiger partial charge on any atom is -0.475 e. The number of rotatable bonds is 5. The van der Waals surface area contributed by atoms with E-state index in [1.165, 1.54) is 49.4 Å². The molecule has 0 aliphatic carbocycles. The van der Waals surface area contributed by atoms with Gasteiger partial charge in [0.15, 0.2) is 11.9 Å². The van der Waals surface area contributed by atoms with E-state index in [-0.39, 0.29) is 22.8 Å². The highest BCUT2D eigenvalue weighted by atomic mass is 19.1. The summed E-state index contributed by atoms with van der Waals surface area (Å²) in [6.07, 6.45) is -0.920. The summed E-state index contributed by atoms with van der Waals surface area (Å²) >= 11 is 0. The maximum Gasteiger partial charge on any atom is 0.310 e. The number of halogens is 1. The molecule has 1 unspecified atom stereocenters. The van der Waals surface area contributed by atoms with E-state index in [4.69, 9.17) is 4.74 Å². The van der Waals surface area contributed by atoms with Gasteiger partial charge >= 0.3 is 5.69 Å². The Morgan fingerprint density at radius 1 is 1.19 bits per heavy atom. The Balaban J connectivity index is 2.18. The van der Waals surface area contributed by atoms with Gasteiger partial charge in [-0.3, -0.25) is 14.9 Å². The number of nitro benzene ring substituents is 1. The van der Waals surface area contributed by atoms with Crippen LogP contribution in [0.3, 0.4) is 0 Å². The highest BCUT2D eigenvalue weighted by Gasteiger charge is 2.21. The number of ketones is 1. The van der Waals surface area contributed by atoms with Crippen LogP contribution in [0, 0.1) is 15.9 Å². The lowest BCUT2D eigenvalue weighted by molar-refractivity contribution is -0.386. The van der Waals surface area contributed by atoms with E-state index in [1.54, 1.807) is 6.07 Å². The molecule has 0 fully saturated rings. The van der Waals surface area contributed by atoms with Crippen molar-refractivity contribution >= 4 is 11.5 Å². The summed E-state index contributed by atoms with van der Waals surface area (Å²) in [4.78, 5) is 22.4. The van der Waals surface area contributed by atoms with Crippen molar-refractivity contribution in [3.8, 4) is 5.75 Å². The standard InChI is InChI=1S/C15H12FNO4/c1-10(15(18)11-6-8-12(16)9-7-11)21-14-5-3-2-4-13(14)17(19)20/h2-10H,1H3. The van der Waals surface area contributed by atoms with Gasteiger partial charge in [-0.1, -0.05) is 12.1 Å². The van der Waals surface area contributed by atoms with Crippen LogP contribution < -0.4 is 4.74 Å². The number of carbonyl (C=O) groups is 1. The lowest BCUT2D eigenvalue weighted by Gasteiger charge is -2.13. The lowest BCUT2D eigenvalue weighted by Crippen LogP contribution is -2.24. The first-order valence-electron chi connectivity index (χ1n) is 6.19. The second-order valence-electron chi connectivity index (χ2n) is 4.36. The molecule has 0 spiro atoms. The molecule has 0 aliphatic rings. The van der Waals surface area contributed by atoms with Gasteiger partial charge in [-0.05, 0) is 37.3 Å². The number of nitrogens with zero attached hydrogens (tertiary/aromatic N) is 1. The highest BCUT2D eigenvalue weighted by molar-refractivity contribution is 5.99. The lowest BCUT2D eigenvalue weighted by atomic mass is 10.1. The molecular weight excluding hydrogens is 277 g/mol. The third-order valence-corrected chi connectivity index (χ3v) is 2.86. The van der Waals surface area contributed by atoms with Crippen LogP contribution in [0.25, 0.3) is 0 Å². The van der Waals surface area contributed by atoms with Crippen LogP contribution in [-0.2, 0) is 0 Å². The Morgan fingerprint density at radius 3 is 2.43 bits per heavy atom.